The number of rotatable bonds is 4. The van der Waals surface area contributed by atoms with Crippen LogP contribution < -0.4 is 16.4 Å². The number of hydrogen-bond donors (Lipinski definition) is 3. The lowest BCUT2D eigenvalue weighted by molar-refractivity contribution is -0.119. The maximum absolute atomic E-state index is 11.7. The highest BCUT2D eigenvalue weighted by molar-refractivity contribution is 5.86. The van der Waals surface area contributed by atoms with Crippen LogP contribution in [0.3, 0.4) is 0 Å². The predicted octanol–water partition coefficient (Wildman–Crippen LogP) is 1.18. The van der Waals surface area contributed by atoms with E-state index in [-0.39, 0.29) is 5.54 Å². The van der Waals surface area contributed by atoms with Crippen LogP contribution in [-0.4, -0.2) is 23.5 Å². The molecule has 0 aromatic heterocycles. The van der Waals surface area contributed by atoms with Crippen LogP contribution in [-0.2, 0) is 11.2 Å². The van der Waals surface area contributed by atoms with Crippen LogP contribution in [0.15, 0.2) is 30.3 Å². The van der Waals surface area contributed by atoms with E-state index >= 15 is 0 Å². The summed E-state index contributed by atoms with van der Waals surface area (Å²) in [6.07, 6.45) is 0.383. The van der Waals surface area contributed by atoms with E-state index in [4.69, 9.17) is 5.73 Å². The second-order valence-electron chi connectivity index (χ2n) is 5.49. The van der Waals surface area contributed by atoms with Crippen LogP contribution in [0.2, 0.25) is 0 Å². The zero-order valence-electron chi connectivity index (χ0n) is 11.6. The van der Waals surface area contributed by atoms with Gasteiger partial charge < -0.3 is 16.4 Å². The Hall–Kier alpha value is -2.04. The Bertz CT molecular complexity index is 438. The zero-order valence-corrected chi connectivity index (χ0v) is 11.6. The molecule has 0 aliphatic rings. The van der Waals surface area contributed by atoms with E-state index in [0.717, 1.165) is 5.56 Å². The molecule has 0 fully saturated rings. The third-order valence-electron chi connectivity index (χ3n) is 2.42. The largest absolute Gasteiger partial charge is 0.368 e. The summed E-state index contributed by atoms with van der Waals surface area (Å²) in [6.45, 7) is 5.59. The third-order valence-corrected chi connectivity index (χ3v) is 2.42. The first-order chi connectivity index (χ1) is 8.78. The van der Waals surface area contributed by atoms with Gasteiger partial charge in [0.05, 0.1) is 0 Å². The predicted molar refractivity (Wildman–Crippen MR) is 74.5 cm³/mol. The molecular formula is C14H21N3O2. The molecule has 0 heterocycles. The van der Waals surface area contributed by atoms with Gasteiger partial charge in [-0.3, -0.25) is 4.79 Å². The van der Waals surface area contributed by atoms with E-state index in [2.05, 4.69) is 10.6 Å². The zero-order chi connectivity index (χ0) is 14.5. The molecule has 4 N–H and O–H groups in total. The molecule has 0 spiro atoms. The Kier molecular flexibility index (Phi) is 4.92. The highest BCUT2D eigenvalue weighted by atomic mass is 16.2. The van der Waals surface area contributed by atoms with Gasteiger partial charge in [0, 0.05) is 12.0 Å². The summed E-state index contributed by atoms with van der Waals surface area (Å²) in [6, 6.07) is 8.31. The Balaban J connectivity index is 2.64. The maximum Gasteiger partial charge on any atom is 0.315 e. The minimum atomic E-state index is -0.718. The molecule has 1 aromatic carbocycles. The first kappa shape index (κ1) is 15.0. The number of carbonyl (C=O) groups is 2. The number of benzene rings is 1. The van der Waals surface area contributed by atoms with Crippen molar-refractivity contribution in [2.24, 2.45) is 5.73 Å². The van der Waals surface area contributed by atoms with Gasteiger partial charge in [-0.1, -0.05) is 30.3 Å². The minimum Gasteiger partial charge on any atom is -0.368 e. The van der Waals surface area contributed by atoms with Crippen molar-refractivity contribution in [2.45, 2.75) is 38.8 Å². The van der Waals surface area contributed by atoms with Crippen LogP contribution in [0.4, 0.5) is 4.79 Å². The molecule has 5 heteroatoms. The lowest BCUT2D eigenvalue weighted by Crippen LogP contribution is -2.53. The molecule has 0 radical (unpaired) electrons. The van der Waals surface area contributed by atoms with E-state index in [9.17, 15) is 9.59 Å². The molecule has 1 unspecified atom stereocenters. The summed E-state index contributed by atoms with van der Waals surface area (Å²) in [5.74, 6) is -0.548. The summed E-state index contributed by atoms with van der Waals surface area (Å²) in [5.41, 5.74) is 5.90. The summed E-state index contributed by atoms with van der Waals surface area (Å²) < 4.78 is 0. The van der Waals surface area contributed by atoms with E-state index in [0.29, 0.717) is 6.42 Å². The fourth-order valence-corrected chi connectivity index (χ4v) is 1.61. The SMILES string of the molecule is CC(C)(C)NC(=O)NC(Cc1ccccc1)C(N)=O. The maximum atomic E-state index is 11.7. The van der Waals surface area contributed by atoms with Gasteiger partial charge in [-0.05, 0) is 26.3 Å². The first-order valence-electron chi connectivity index (χ1n) is 6.20. The van der Waals surface area contributed by atoms with Crippen molar-refractivity contribution in [1.82, 2.24) is 10.6 Å². The number of nitrogens with one attached hydrogen (secondary N) is 2. The Morgan fingerprint density at radius 1 is 1.21 bits per heavy atom. The van der Waals surface area contributed by atoms with E-state index in [1.807, 2.05) is 51.1 Å². The second-order valence-corrected chi connectivity index (χ2v) is 5.49. The summed E-state index contributed by atoms with van der Waals surface area (Å²) in [4.78, 5) is 23.1. The highest BCUT2D eigenvalue weighted by Gasteiger charge is 2.21. The Morgan fingerprint density at radius 3 is 2.26 bits per heavy atom. The monoisotopic (exact) mass is 263 g/mol. The number of amides is 3. The Morgan fingerprint density at radius 2 is 1.79 bits per heavy atom. The molecule has 1 atom stereocenters. The number of primary amides is 1. The fraction of sp³-hybridized carbons (Fsp3) is 0.429. The summed E-state index contributed by atoms with van der Waals surface area (Å²) >= 11 is 0. The fourth-order valence-electron chi connectivity index (χ4n) is 1.61. The van der Waals surface area contributed by atoms with Crippen LogP contribution in [0.1, 0.15) is 26.3 Å². The number of urea groups is 1. The molecular weight excluding hydrogens is 242 g/mol. The quantitative estimate of drug-likeness (QED) is 0.762. The van der Waals surface area contributed by atoms with Crippen molar-refractivity contribution in [3.05, 3.63) is 35.9 Å². The van der Waals surface area contributed by atoms with Crippen molar-refractivity contribution in [3.63, 3.8) is 0 Å². The minimum absolute atomic E-state index is 0.362. The molecule has 0 saturated heterocycles. The van der Waals surface area contributed by atoms with Crippen molar-refractivity contribution in [3.8, 4) is 0 Å². The molecule has 1 rings (SSSR count). The smallest absolute Gasteiger partial charge is 0.315 e. The van der Waals surface area contributed by atoms with Crippen molar-refractivity contribution < 1.29 is 9.59 Å². The van der Waals surface area contributed by atoms with Crippen LogP contribution in [0.5, 0.6) is 0 Å². The van der Waals surface area contributed by atoms with E-state index < -0.39 is 18.0 Å². The molecule has 0 aliphatic carbocycles. The van der Waals surface area contributed by atoms with Crippen LogP contribution in [0.25, 0.3) is 0 Å². The normalized spacial score (nSPS) is 12.6. The highest BCUT2D eigenvalue weighted by Crippen LogP contribution is 2.04. The second kappa shape index (κ2) is 6.22. The van der Waals surface area contributed by atoms with E-state index in [1.165, 1.54) is 0 Å². The summed E-state index contributed by atoms with van der Waals surface area (Å²) in [7, 11) is 0. The van der Waals surface area contributed by atoms with Gasteiger partial charge in [-0.2, -0.15) is 0 Å². The molecule has 5 nitrogen and oxygen atoms in total. The molecule has 0 aliphatic heterocycles. The standard InChI is InChI=1S/C14H21N3O2/c1-14(2,3)17-13(19)16-11(12(15)18)9-10-7-5-4-6-8-10/h4-8,11H,9H2,1-3H3,(H2,15,18)(H2,16,17,19). The van der Waals surface area contributed by atoms with Gasteiger partial charge in [0.15, 0.2) is 0 Å². The Labute approximate surface area is 113 Å². The lowest BCUT2D eigenvalue weighted by Gasteiger charge is -2.23. The molecule has 3 amide bonds. The number of carbonyl (C=O) groups excluding carboxylic acids is 2. The van der Waals surface area contributed by atoms with Gasteiger partial charge >= 0.3 is 6.03 Å². The van der Waals surface area contributed by atoms with Crippen molar-refractivity contribution in [1.29, 1.82) is 0 Å². The number of nitrogens with two attached hydrogens (primary N) is 1. The molecule has 0 bridgehead atoms. The van der Waals surface area contributed by atoms with Crippen molar-refractivity contribution >= 4 is 11.9 Å². The van der Waals surface area contributed by atoms with Gasteiger partial charge in [-0.25, -0.2) is 4.79 Å². The van der Waals surface area contributed by atoms with Gasteiger partial charge in [0.2, 0.25) is 5.91 Å². The topological polar surface area (TPSA) is 84.2 Å². The molecule has 0 saturated carbocycles. The van der Waals surface area contributed by atoms with Crippen LogP contribution in [0, 0.1) is 0 Å². The molecule has 19 heavy (non-hydrogen) atoms. The molecule has 104 valence electrons. The van der Waals surface area contributed by atoms with Crippen molar-refractivity contribution in [2.75, 3.05) is 0 Å². The van der Waals surface area contributed by atoms with Gasteiger partial charge in [0.25, 0.3) is 0 Å². The van der Waals surface area contributed by atoms with Crippen LogP contribution >= 0.6 is 0 Å². The summed E-state index contributed by atoms with van der Waals surface area (Å²) in [5, 5.41) is 5.33. The van der Waals surface area contributed by atoms with Gasteiger partial charge in [-0.15, -0.1) is 0 Å². The van der Waals surface area contributed by atoms with E-state index in [1.54, 1.807) is 0 Å². The molecule has 1 aromatic rings. The third kappa shape index (κ3) is 5.90. The average Bonchev–Trinajstić information content (AvgIpc) is 2.26. The first-order valence-corrected chi connectivity index (χ1v) is 6.20. The van der Waals surface area contributed by atoms with Gasteiger partial charge in [0.1, 0.15) is 6.04 Å². The lowest BCUT2D eigenvalue weighted by atomic mass is 10.1. The number of hydrogen-bond acceptors (Lipinski definition) is 2. The average molecular weight is 263 g/mol.